The number of nitrogens with zero attached hydrogens (tertiary/aromatic N) is 4. The molecule has 2 heterocycles. The van der Waals surface area contributed by atoms with Crippen LogP contribution in [0.25, 0.3) is 17.1 Å². The van der Waals surface area contributed by atoms with E-state index in [1.54, 1.807) is 19.5 Å². The fraction of sp³-hybridized carbons (Fsp3) is 0.200. The first-order chi connectivity index (χ1) is 15.5. The zero-order chi connectivity index (χ0) is 22.7. The number of benzene rings is 2. The smallest absolute Gasteiger partial charge is 0.196 e. The molecule has 0 aliphatic heterocycles. The first kappa shape index (κ1) is 21.8. The molecule has 0 fully saturated rings. The molecule has 0 saturated heterocycles. The number of aryl methyl sites for hydroxylation is 2. The van der Waals surface area contributed by atoms with E-state index in [0.717, 1.165) is 33.7 Å². The van der Waals surface area contributed by atoms with E-state index in [2.05, 4.69) is 15.2 Å². The number of pyridine rings is 1. The van der Waals surface area contributed by atoms with Crippen LogP contribution in [0.2, 0.25) is 0 Å². The highest BCUT2D eigenvalue weighted by atomic mass is 32.2. The lowest BCUT2D eigenvalue weighted by atomic mass is 10.0. The molecule has 0 N–H and O–H groups in total. The van der Waals surface area contributed by atoms with Gasteiger partial charge in [-0.3, -0.25) is 14.3 Å². The average Bonchev–Trinajstić information content (AvgIpc) is 3.24. The van der Waals surface area contributed by atoms with Crippen LogP contribution in [0.1, 0.15) is 28.4 Å². The van der Waals surface area contributed by atoms with E-state index in [0.29, 0.717) is 11.0 Å². The highest BCUT2D eigenvalue weighted by molar-refractivity contribution is 8.00. The normalized spacial score (nSPS) is 11.9. The summed E-state index contributed by atoms with van der Waals surface area (Å²) in [5.74, 6) is 1.53. The molecule has 0 aliphatic carbocycles. The molecule has 0 spiro atoms. The van der Waals surface area contributed by atoms with E-state index in [-0.39, 0.29) is 11.0 Å². The molecule has 2 aromatic carbocycles. The Hall–Kier alpha value is -3.45. The summed E-state index contributed by atoms with van der Waals surface area (Å²) in [4.78, 5) is 17.3. The molecule has 32 heavy (non-hydrogen) atoms. The number of carbonyl (C=O) groups excluding carboxylic acids is 1. The van der Waals surface area contributed by atoms with Gasteiger partial charge >= 0.3 is 0 Å². The number of ketones is 1. The third-order valence-electron chi connectivity index (χ3n) is 5.21. The van der Waals surface area contributed by atoms with Crippen molar-refractivity contribution in [3.63, 3.8) is 0 Å². The van der Waals surface area contributed by atoms with Crippen LogP contribution >= 0.6 is 11.8 Å². The monoisotopic (exact) mass is 444 g/mol. The second kappa shape index (κ2) is 9.36. The maximum atomic E-state index is 13.2. The van der Waals surface area contributed by atoms with E-state index in [1.165, 1.54) is 11.8 Å². The van der Waals surface area contributed by atoms with Gasteiger partial charge in [0.1, 0.15) is 5.75 Å². The number of Topliss-reactive ketones (excluding diaryl/α,β-unsaturated/α-hetero) is 1. The largest absolute Gasteiger partial charge is 0.497 e. The molecular formula is C25H24N4O2S. The molecular weight excluding hydrogens is 420 g/mol. The number of hydrogen-bond donors (Lipinski definition) is 0. The summed E-state index contributed by atoms with van der Waals surface area (Å²) < 4.78 is 7.26. The lowest BCUT2D eigenvalue weighted by Crippen LogP contribution is -2.16. The molecule has 0 saturated carbocycles. The molecule has 0 radical (unpaired) electrons. The minimum atomic E-state index is -0.331. The minimum Gasteiger partial charge on any atom is -0.497 e. The zero-order valence-electron chi connectivity index (χ0n) is 18.4. The van der Waals surface area contributed by atoms with Crippen LogP contribution in [0.15, 0.2) is 72.1 Å². The second-order valence-electron chi connectivity index (χ2n) is 7.52. The molecule has 1 unspecified atom stereocenters. The fourth-order valence-electron chi connectivity index (χ4n) is 3.43. The van der Waals surface area contributed by atoms with Crippen LogP contribution in [0.5, 0.6) is 5.75 Å². The number of methoxy groups -OCH3 is 1. The Morgan fingerprint density at radius 2 is 1.72 bits per heavy atom. The Labute approximate surface area is 191 Å². The maximum Gasteiger partial charge on any atom is 0.196 e. The van der Waals surface area contributed by atoms with Gasteiger partial charge in [0.15, 0.2) is 16.8 Å². The molecule has 1 atom stereocenters. The van der Waals surface area contributed by atoms with Gasteiger partial charge in [-0.25, -0.2) is 0 Å². The number of ether oxygens (including phenoxy) is 1. The van der Waals surface area contributed by atoms with Gasteiger partial charge in [-0.1, -0.05) is 29.5 Å². The molecule has 0 bridgehead atoms. The van der Waals surface area contributed by atoms with Crippen LogP contribution < -0.4 is 4.74 Å². The zero-order valence-corrected chi connectivity index (χ0v) is 19.3. The number of aromatic nitrogens is 4. The summed E-state index contributed by atoms with van der Waals surface area (Å²) in [6.07, 6.45) is 3.45. The Morgan fingerprint density at radius 3 is 2.41 bits per heavy atom. The van der Waals surface area contributed by atoms with Crippen molar-refractivity contribution in [3.8, 4) is 22.8 Å². The lowest BCUT2D eigenvalue weighted by Gasteiger charge is -2.15. The molecule has 0 aliphatic rings. The Morgan fingerprint density at radius 1 is 1.00 bits per heavy atom. The van der Waals surface area contributed by atoms with E-state index in [9.17, 15) is 4.79 Å². The van der Waals surface area contributed by atoms with Crippen LogP contribution in [-0.2, 0) is 0 Å². The first-order valence-corrected chi connectivity index (χ1v) is 11.1. The van der Waals surface area contributed by atoms with Crippen molar-refractivity contribution in [2.75, 3.05) is 7.11 Å². The van der Waals surface area contributed by atoms with Crippen molar-refractivity contribution < 1.29 is 9.53 Å². The van der Waals surface area contributed by atoms with Gasteiger partial charge in [0.05, 0.1) is 12.4 Å². The van der Waals surface area contributed by atoms with E-state index >= 15 is 0 Å². The summed E-state index contributed by atoms with van der Waals surface area (Å²) >= 11 is 1.40. The molecule has 7 heteroatoms. The van der Waals surface area contributed by atoms with Crippen LogP contribution in [0.3, 0.4) is 0 Å². The fourth-order valence-corrected chi connectivity index (χ4v) is 4.37. The first-order valence-electron chi connectivity index (χ1n) is 10.3. The van der Waals surface area contributed by atoms with Gasteiger partial charge in [-0.15, -0.1) is 10.2 Å². The number of carbonyl (C=O) groups is 1. The SMILES string of the molecule is COc1ccc(-n2c(SC(C)C(=O)c3cc(C)ccc3C)nnc2-c2ccncc2)cc1. The highest BCUT2D eigenvalue weighted by Crippen LogP contribution is 2.32. The van der Waals surface area contributed by atoms with Crippen molar-refractivity contribution in [2.24, 2.45) is 0 Å². The van der Waals surface area contributed by atoms with E-state index in [4.69, 9.17) is 4.74 Å². The highest BCUT2D eigenvalue weighted by Gasteiger charge is 2.23. The Balaban J connectivity index is 1.72. The van der Waals surface area contributed by atoms with Gasteiger partial charge in [0.2, 0.25) is 0 Å². The second-order valence-corrected chi connectivity index (χ2v) is 8.83. The average molecular weight is 445 g/mol. The maximum absolute atomic E-state index is 13.2. The molecule has 2 aromatic heterocycles. The number of hydrogen-bond acceptors (Lipinski definition) is 6. The Bertz CT molecular complexity index is 1240. The summed E-state index contributed by atoms with van der Waals surface area (Å²) in [6, 6.07) is 17.4. The van der Waals surface area contributed by atoms with Crippen molar-refractivity contribution in [2.45, 2.75) is 31.2 Å². The van der Waals surface area contributed by atoms with Crippen molar-refractivity contribution >= 4 is 17.5 Å². The third kappa shape index (κ3) is 4.43. The third-order valence-corrected chi connectivity index (χ3v) is 6.26. The summed E-state index contributed by atoms with van der Waals surface area (Å²) in [6.45, 7) is 5.87. The van der Waals surface area contributed by atoms with Crippen molar-refractivity contribution in [3.05, 3.63) is 83.7 Å². The predicted octanol–water partition coefficient (Wildman–Crippen LogP) is 5.32. The van der Waals surface area contributed by atoms with Crippen LogP contribution in [0, 0.1) is 13.8 Å². The summed E-state index contributed by atoms with van der Waals surface area (Å²) in [5.41, 5.74) is 4.56. The Kier molecular flexibility index (Phi) is 6.37. The summed E-state index contributed by atoms with van der Waals surface area (Å²) in [7, 11) is 1.64. The van der Waals surface area contributed by atoms with Gasteiger partial charge in [0.25, 0.3) is 0 Å². The molecule has 6 nitrogen and oxygen atoms in total. The summed E-state index contributed by atoms with van der Waals surface area (Å²) in [5, 5.41) is 9.20. The topological polar surface area (TPSA) is 69.9 Å². The van der Waals surface area contributed by atoms with Gasteiger partial charge in [-0.05, 0) is 68.8 Å². The van der Waals surface area contributed by atoms with E-state index < -0.39 is 0 Å². The number of thioether (sulfide) groups is 1. The van der Waals surface area contributed by atoms with Gasteiger partial charge in [0, 0.05) is 29.2 Å². The standard InChI is InChI=1S/C25H24N4O2S/c1-16-5-6-17(2)22(15-16)23(30)18(3)32-25-28-27-24(19-11-13-26-14-12-19)29(25)20-7-9-21(31-4)10-8-20/h5-15,18H,1-4H3. The van der Waals surface area contributed by atoms with Crippen molar-refractivity contribution in [1.82, 2.24) is 19.7 Å². The van der Waals surface area contributed by atoms with E-state index in [1.807, 2.05) is 79.9 Å². The van der Waals surface area contributed by atoms with Gasteiger partial charge in [-0.2, -0.15) is 0 Å². The number of rotatable bonds is 7. The lowest BCUT2D eigenvalue weighted by molar-refractivity contribution is 0.0993. The predicted molar refractivity (Wildman–Crippen MR) is 127 cm³/mol. The molecule has 4 rings (SSSR count). The minimum absolute atomic E-state index is 0.0749. The van der Waals surface area contributed by atoms with Crippen LogP contribution in [-0.4, -0.2) is 37.9 Å². The molecule has 162 valence electrons. The van der Waals surface area contributed by atoms with Crippen LogP contribution in [0.4, 0.5) is 0 Å². The quantitative estimate of drug-likeness (QED) is 0.284. The molecule has 4 aromatic rings. The van der Waals surface area contributed by atoms with Gasteiger partial charge < -0.3 is 4.74 Å². The van der Waals surface area contributed by atoms with Crippen molar-refractivity contribution in [1.29, 1.82) is 0 Å². The molecule has 0 amide bonds.